The summed E-state index contributed by atoms with van der Waals surface area (Å²) in [6.45, 7) is 1.53. The monoisotopic (exact) mass is 208 g/mol. The molecule has 0 amide bonds. The van der Waals surface area contributed by atoms with E-state index in [9.17, 15) is 0 Å². The molecule has 0 saturated heterocycles. The van der Waals surface area contributed by atoms with Gasteiger partial charge in [-0.25, -0.2) is 9.97 Å². The van der Waals surface area contributed by atoms with Gasteiger partial charge in [0.25, 0.3) is 0 Å². The van der Waals surface area contributed by atoms with Gasteiger partial charge in [-0.2, -0.15) is 0 Å². The van der Waals surface area contributed by atoms with Gasteiger partial charge in [0.15, 0.2) is 5.82 Å². The summed E-state index contributed by atoms with van der Waals surface area (Å²) in [5.41, 5.74) is 6.49. The van der Waals surface area contributed by atoms with Crippen LogP contribution < -0.4 is 10.6 Å². The van der Waals surface area contributed by atoms with E-state index in [4.69, 9.17) is 10.5 Å². The number of aromatic nitrogens is 2. The highest BCUT2D eigenvalue weighted by atomic mass is 16.5. The molecule has 0 aromatic carbocycles. The number of rotatable bonds is 5. The molecule has 5 heteroatoms. The van der Waals surface area contributed by atoms with Crippen LogP contribution in [0.1, 0.15) is 12.8 Å². The zero-order chi connectivity index (χ0) is 10.7. The van der Waals surface area contributed by atoms with Crippen molar-refractivity contribution in [1.29, 1.82) is 0 Å². The summed E-state index contributed by atoms with van der Waals surface area (Å²) in [6, 6.07) is 0.581. The minimum absolute atomic E-state index is 0.581. The topological polar surface area (TPSA) is 64.3 Å². The third-order valence-corrected chi connectivity index (χ3v) is 2.51. The second-order valence-electron chi connectivity index (χ2n) is 3.72. The van der Waals surface area contributed by atoms with Crippen LogP contribution >= 0.6 is 0 Å². The van der Waals surface area contributed by atoms with E-state index in [0.29, 0.717) is 18.3 Å². The lowest BCUT2D eigenvalue weighted by Crippen LogP contribution is -2.31. The van der Waals surface area contributed by atoms with Crippen molar-refractivity contribution < 1.29 is 4.74 Å². The average molecular weight is 208 g/mol. The van der Waals surface area contributed by atoms with Crippen molar-refractivity contribution in [3.05, 3.63) is 12.5 Å². The molecule has 0 radical (unpaired) electrons. The molecule has 0 atom stereocenters. The lowest BCUT2D eigenvalue weighted by Gasteiger charge is -2.23. The van der Waals surface area contributed by atoms with Crippen molar-refractivity contribution in [2.75, 3.05) is 30.9 Å². The zero-order valence-corrected chi connectivity index (χ0v) is 8.89. The molecule has 0 aliphatic heterocycles. The first kappa shape index (κ1) is 10.2. The normalized spacial score (nSPS) is 15.3. The molecule has 2 rings (SSSR count). The molecular weight excluding hydrogens is 192 g/mol. The molecule has 1 saturated carbocycles. The van der Waals surface area contributed by atoms with Crippen LogP contribution in [-0.2, 0) is 4.74 Å². The molecule has 1 aliphatic rings. The maximum absolute atomic E-state index is 5.85. The Labute approximate surface area is 89.3 Å². The molecule has 0 unspecified atom stereocenters. The molecule has 1 fully saturated rings. The van der Waals surface area contributed by atoms with Gasteiger partial charge in [-0.15, -0.1) is 0 Å². The Kier molecular flexibility index (Phi) is 3.01. The molecular formula is C10H16N4O. The molecule has 1 aromatic heterocycles. The van der Waals surface area contributed by atoms with Crippen LogP contribution in [0.5, 0.6) is 0 Å². The predicted octanol–water partition coefficient (Wildman–Crippen LogP) is 0.674. The molecule has 1 heterocycles. The molecule has 82 valence electrons. The number of nitrogens with two attached hydrogens (primary N) is 1. The lowest BCUT2D eigenvalue weighted by molar-refractivity contribution is 0.205. The van der Waals surface area contributed by atoms with Gasteiger partial charge < -0.3 is 15.4 Å². The third-order valence-electron chi connectivity index (χ3n) is 2.51. The maximum Gasteiger partial charge on any atom is 0.155 e. The molecule has 5 nitrogen and oxygen atoms in total. The van der Waals surface area contributed by atoms with E-state index >= 15 is 0 Å². The van der Waals surface area contributed by atoms with Crippen LogP contribution in [0.4, 0.5) is 11.5 Å². The third kappa shape index (κ3) is 2.36. The smallest absolute Gasteiger partial charge is 0.155 e. The van der Waals surface area contributed by atoms with Crippen LogP contribution in [0, 0.1) is 0 Å². The fourth-order valence-corrected chi connectivity index (χ4v) is 1.61. The molecule has 0 bridgehead atoms. The van der Waals surface area contributed by atoms with E-state index in [2.05, 4.69) is 14.9 Å². The highest BCUT2D eigenvalue weighted by Crippen LogP contribution is 2.32. The van der Waals surface area contributed by atoms with E-state index in [1.165, 1.54) is 19.2 Å². The van der Waals surface area contributed by atoms with Gasteiger partial charge in [0.05, 0.1) is 18.5 Å². The maximum atomic E-state index is 5.85. The highest BCUT2D eigenvalue weighted by molar-refractivity contribution is 5.62. The summed E-state index contributed by atoms with van der Waals surface area (Å²) >= 11 is 0. The summed E-state index contributed by atoms with van der Waals surface area (Å²) in [4.78, 5) is 10.3. The Morgan fingerprint density at radius 3 is 3.00 bits per heavy atom. The van der Waals surface area contributed by atoms with Crippen LogP contribution in [-0.4, -0.2) is 36.3 Å². The van der Waals surface area contributed by atoms with Gasteiger partial charge in [0.2, 0.25) is 0 Å². The SMILES string of the molecule is COCCN(c1ncncc1N)C1CC1. The van der Waals surface area contributed by atoms with Gasteiger partial charge in [-0.3, -0.25) is 0 Å². The van der Waals surface area contributed by atoms with E-state index in [0.717, 1.165) is 12.4 Å². The minimum atomic E-state index is 0.581. The first-order valence-electron chi connectivity index (χ1n) is 5.14. The fourth-order valence-electron chi connectivity index (χ4n) is 1.61. The van der Waals surface area contributed by atoms with Crippen molar-refractivity contribution in [3.63, 3.8) is 0 Å². The molecule has 1 aliphatic carbocycles. The summed E-state index contributed by atoms with van der Waals surface area (Å²) in [5, 5.41) is 0. The number of anilines is 2. The van der Waals surface area contributed by atoms with Crippen molar-refractivity contribution >= 4 is 11.5 Å². The van der Waals surface area contributed by atoms with Gasteiger partial charge in [0.1, 0.15) is 6.33 Å². The second-order valence-corrected chi connectivity index (χ2v) is 3.72. The quantitative estimate of drug-likeness (QED) is 0.770. The van der Waals surface area contributed by atoms with Crippen molar-refractivity contribution in [2.24, 2.45) is 0 Å². The van der Waals surface area contributed by atoms with E-state index in [1.54, 1.807) is 13.3 Å². The van der Waals surface area contributed by atoms with Crippen LogP contribution in [0.2, 0.25) is 0 Å². The Bertz CT molecular complexity index is 327. The van der Waals surface area contributed by atoms with Crippen LogP contribution in [0.15, 0.2) is 12.5 Å². The van der Waals surface area contributed by atoms with Gasteiger partial charge in [0, 0.05) is 19.7 Å². The van der Waals surface area contributed by atoms with E-state index in [-0.39, 0.29) is 0 Å². The zero-order valence-electron chi connectivity index (χ0n) is 8.89. The first-order chi connectivity index (χ1) is 7.33. The van der Waals surface area contributed by atoms with Gasteiger partial charge in [-0.05, 0) is 12.8 Å². The first-order valence-corrected chi connectivity index (χ1v) is 5.14. The Balaban J connectivity index is 2.13. The highest BCUT2D eigenvalue weighted by Gasteiger charge is 2.30. The van der Waals surface area contributed by atoms with Gasteiger partial charge in [-0.1, -0.05) is 0 Å². The number of ether oxygens (including phenoxy) is 1. The fraction of sp³-hybridized carbons (Fsp3) is 0.600. The Morgan fingerprint density at radius 1 is 1.60 bits per heavy atom. The molecule has 0 spiro atoms. The van der Waals surface area contributed by atoms with Crippen molar-refractivity contribution in [1.82, 2.24) is 9.97 Å². The Morgan fingerprint density at radius 2 is 2.40 bits per heavy atom. The largest absolute Gasteiger partial charge is 0.394 e. The number of methoxy groups -OCH3 is 1. The predicted molar refractivity (Wildman–Crippen MR) is 58.7 cm³/mol. The van der Waals surface area contributed by atoms with Gasteiger partial charge >= 0.3 is 0 Å². The van der Waals surface area contributed by atoms with Crippen LogP contribution in [0.3, 0.4) is 0 Å². The Hall–Kier alpha value is -1.36. The lowest BCUT2D eigenvalue weighted by atomic mass is 10.4. The minimum Gasteiger partial charge on any atom is -0.394 e. The number of hydrogen-bond donors (Lipinski definition) is 1. The van der Waals surface area contributed by atoms with Crippen molar-refractivity contribution in [2.45, 2.75) is 18.9 Å². The number of nitrogens with zero attached hydrogens (tertiary/aromatic N) is 3. The average Bonchev–Trinajstić information content (AvgIpc) is 3.05. The number of nitrogen functional groups attached to an aromatic ring is 1. The van der Waals surface area contributed by atoms with E-state index < -0.39 is 0 Å². The number of hydrogen-bond acceptors (Lipinski definition) is 5. The van der Waals surface area contributed by atoms with Crippen molar-refractivity contribution in [3.8, 4) is 0 Å². The van der Waals surface area contributed by atoms with E-state index in [1.807, 2.05) is 0 Å². The molecule has 2 N–H and O–H groups in total. The van der Waals surface area contributed by atoms with Crippen LogP contribution in [0.25, 0.3) is 0 Å². The summed E-state index contributed by atoms with van der Waals surface area (Å²) in [6.07, 6.45) is 5.61. The standard InChI is InChI=1S/C10H16N4O/c1-15-5-4-14(8-2-3-8)10-9(11)6-12-7-13-10/h6-8H,2-5,11H2,1H3. The summed E-state index contributed by atoms with van der Waals surface area (Å²) < 4.78 is 5.09. The second kappa shape index (κ2) is 4.44. The summed E-state index contributed by atoms with van der Waals surface area (Å²) in [5.74, 6) is 0.838. The molecule has 15 heavy (non-hydrogen) atoms. The summed E-state index contributed by atoms with van der Waals surface area (Å²) in [7, 11) is 1.70. The molecule has 1 aromatic rings.